The van der Waals surface area contributed by atoms with E-state index in [9.17, 15) is 49.8 Å². The molecule has 24 heteroatoms. The summed E-state index contributed by atoms with van der Waals surface area (Å²) in [6.07, 6.45) is 6.50. The van der Waals surface area contributed by atoms with Crippen LogP contribution < -0.4 is 42.8 Å². The number of pyridine rings is 3. The third kappa shape index (κ3) is 13.1. The van der Waals surface area contributed by atoms with Gasteiger partial charge in [-0.3, -0.25) is 43.6 Å². The van der Waals surface area contributed by atoms with Crippen molar-refractivity contribution in [2.24, 2.45) is 23.7 Å². The average Bonchev–Trinajstić information content (AvgIpc) is 3.45. The number of H-pyrrole nitrogens is 1. The second kappa shape index (κ2) is 25.2. The number of piperidine rings is 4. The van der Waals surface area contributed by atoms with Gasteiger partial charge in [-0.25, -0.2) is 13.8 Å². The molecule has 0 saturated carbocycles. The van der Waals surface area contributed by atoms with Gasteiger partial charge in [0.1, 0.15) is 35.8 Å². The predicted octanol–water partition coefficient (Wildman–Crippen LogP) is 1.52. The van der Waals surface area contributed by atoms with Crippen LogP contribution in [0.3, 0.4) is 0 Å². The van der Waals surface area contributed by atoms with E-state index in [1.54, 1.807) is 32.1 Å². The Bertz CT molecular complexity index is 3240. The zero-order valence-electron chi connectivity index (χ0n) is 45.3. The Hall–Kier alpha value is -8.00. The van der Waals surface area contributed by atoms with Crippen LogP contribution >= 0.6 is 0 Å². The van der Waals surface area contributed by atoms with Crippen LogP contribution in [-0.2, 0) is 36.9 Å². The summed E-state index contributed by atoms with van der Waals surface area (Å²) < 4.78 is 31.3. The Labute approximate surface area is 467 Å². The first-order valence-corrected chi connectivity index (χ1v) is 27.7. The van der Waals surface area contributed by atoms with E-state index >= 15 is 8.78 Å². The number of aromatic nitrogens is 3. The fourth-order valence-corrected chi connectivity index (χ4v) is 12.5. The minimum Gasteiger partial charge on any atom is -0.352 e. The average molecular weight is 1110 g/mol. The summed E-state index contributed by atoms with van der Waals surface area (Å²) >= 11 is 0. The Morgan fingerprint density at radius 2 is 1.37 bits per heavy atom. The lowest BCUT2D eigenvalue weighted by Gasteiger charge is -2.46. The molecular weight excluding hydrogens is 1040 g/mol. The molecule has 4 saturated heterocycles. The molecule has 14 atom stereocenters. The number of fused-ring (bicyclic) bond motifs is 3. The Balaban J connectivity index is 0.785. The van der Waals surface area contributed by atoms with E-state index in [4.69, 9.17) is 0 Å². The van der Waals surface area contributed by atoms with Crippen molar-refractivity contribution < 1.29 is 32.8 Å². The molecule has 424 valence electrons. The van der Waals surface area contributed by atoms with Crippen molar-refractivity contribution >= 4 is 40.4 Å². The first-order valence-electron chi connectivity index (χ1n) is 27.7. The number of carbonyl (C=O) groups is 5. The second-order valence-electron chi connectivity index (χ2n) is 22.4. The number of amides is 5. The number of nitrogens with zero attached hydrogens (tertiary/aromatic N) is 8. The van der Waals surface area contributed by atoms with Crippen molar-refractivity contribution in [1.82, 2.24) is 62.0 Å². The van der Waals surface area contributed by atoms with Gasteiger partial charge in [0.2, 0.25) is 29.5 Å². The number of aromatic amines is 1. The molecule has 0 bridgehead atoms. The Morgan fingerprint density at radius 3 is 2.00 bits per heavy atom. The first kappa shape index (κ1) is 57.7. The summed E-state index contributed by atoms with van der Waals surface area (Å²) in [6, 6.07) is 9.44. The molecule has 3 aromatic heterocycles. The highest BCUT2D eigenvalue weighted by Gasteiger charge is 2.45. The van der Waals surface area contributed by atoms with Crippen molar-refractivity contribution in [3.8, 4) is 24.3 Å². The van der Waals surface area contributed by atoms with Crippen LogP contribution in [0.2, 0.25) is 0 Å². The predicted molar refractivity (Wildman–Crippen MR) is 288 cm³/mol. The highest BCUT2D eigenvalue weighted by atomic mass is 19.1. The van der Waals surface area contributed by atoms with Crippen LogP contribution in [-0.4, -0.2) is 142 Å². The highest BCUT2D eigenvalue weighted by Crippen LogP contribution is 2.35. The summed E-state index contributed by atoms with van der Waals surface area (Å²) in [5.74, 6) is -4.34. The van der Waals surface area contributed by atoms with E-state index in [2.05, 4.69) is 70.4 Å². The Morgan fingerprint density at radius 1 is 0.753 bits per heavy atom. The number of nitrogens with one attached hydrogen (secondary N) is 8. The number of hydrogen-bond acceptors (Lipinski definition) is 16. The maximum Gasteiger partial charge on any atom is 0.252 e. The third-order valence-electron chi connectivity index (χ3n) is 17.1. The number of carbonyl (C=O) groups excluding carboxylic acids is 5. The standard InChI is InChI=1S/C57H66F2N16O6/c1-29(43-5-4-32(20-60)24-65-43)68-52(76)18-34-13-39-45(72-56(34)80)7-10-74(50(39)22-62)28-37-16-48(67-26-42(37)59)31(3)70-54(78)19-35-14-40-46(73-57(35)81)8-11-75(51(40)23-63)27-36-15-47(66-25-41(36)58)30(2)69-53(77)17-33-12-38-44(71-55(33)79)6-9-64-49(38)21-61/h6,9,12-14,16,26,29-32,36,39-41,43,45-47,50-51,65-66H,4-5,7-8,10-11,15,17-19,24-25,27-28H2,1-3H3,(H,68,76)(H,69,77)(H,70,78)(H,71,79)(H,72,80)(H,73,81)/t29-,30-,31+,32?,36?,39?,40?,41?,43?,45?,46?,47?,50?,51?/m1/s1. The lowest BCUT2D eigenvalue weighted by atomic mass is 9.79. The molecule has 6 aliphatic rings. The fourth-order valence-electron chi connectivity index (χ4n) is 12.5. The van der Waals surface area contributed by atoms with Crippen LogP contribution in [0.25, 0.3) is 10.9 Å². The third-order valence-corrected chi connectivity index (χ3v) is 17.1. The SMILES string of the molecule is C[C@H](NC(=O)CC1=CC2C(CCN(CC3CC([C@@H](C)NC(=O)Cc4cc5c(C#N)nccc5[nH]c4=O)NCC3F)C2C#N)NC1=O)c1cc(CN2CCC3NC(=O)C(CC(=O)N[C@H](C)C4CCC(C#N)CN4)=CC3C2C#N)c(F)cn1. The first-order chi connectivity index (χ1) is 38.9. The van der Waals surface area contributed by atoms with Crippen molar-refractivity contribution in [1.29, 1.82) is 21.0 Å². The molecule has 8 N–H and O–H groups in total. The molecule has 3 aromatic rings. The molecule has 0 spiro atoms. The minimum absolute atomic E-state index is 0.0106. The molecule has 0 aliphatic carbocycles. The van der Waals surface area contributed by atoms with Crippen LogP contribution in [0.4, 0.5) is 8.78 Å². The largest absolute Gasteiger partial charge is 0.352 e. The topological polar surface area (TPSA) is 330 Å². The van der Waals surface area contributed by atoms with Gasteiger partial charge < -0.3 is 42.2 Å². The van der Waals surface area contributed by atoms with Crippen LogP contribution in [0.15, 0.2) is 58.7 Å². The number of rotatable bonds is 16. The molecule has 9 heterocycles. The number of likely N-dealkylation sites (tertiary alicyclic amines) is 2. The maximum absolute atomic E-state index is 15.7. The van der Waals surface area contributed by atoms with Gasteiger partial charge in [-0.05, 0) is 71.1 Å². The van der Waals surface area contributed by atoms with Crippen LogP contribution in [0, 0.1) is 74.8 Å². The molecule has 0 aromatic carbocycles. The van der Waals surface area contributed by atoms with Crippen LogP contribution in [0.1, 0.15) is 94.3 Å². The zero-order chi connectivity index (χ0) is 57.6. The number of hydrogen-bond donors (Lipinski definition) is 8. The van der Waals surface area contributed by atoms with Gasteiger partial charge in [-0.2, -0.15) is 21.0 Å². The molecule has 11 unspecified atom stereocenters. The summed E-state index contributed by atoms with van der Waals surface area (Å²) in [5.41, 5.74) is 1.18. The molecule has 4 fully saturated rings. The van der Waals surface area contributed by atoms with E-state index in [-0.39, 0.29) is 109 Å². The molecule has 22 nitrogen and oxygen atoms in total. The molecular formula is C57H66F2N16O6. The van der Waals surface area contributed by atoms with Crippen molar-refractivity contribution in [2.45, 2.75) is 139 Å². The quantitative estimate of drug-likeness (QED) is 0.101. The van der Waals surface area contributed by atoms with Crippen molar-refractivity contribution in [3.05, 3.63) is 92.6 Å². The molecule has 9 rings (SSSR count). The summed E-state index contributed by atoms with van der Waals surface area (Å²) in [4.78, 5) is 94.3. The fraction of sp³-hybridized carbons (Fsp3) is 0.544. The Kier molecular flexibility index (Phi) is 17.9. The summed E-state index contributed by atoms with van der Waals surface area (Å²) in [7, 11) is 0. The second-order valence-corrected chi connectivity index (χ2v) is 22.4. The normalized spacial score (nSPS) is 28.7. The van der Waals surface area contributed by atoms with E-state index in [1.165, 1.54) is 18.3 Å². The van der Waals surface area contributed by atoms with E-state index < -0.39 is 83.2 Å². The monoisotopic (exact) mass is 1110 g/mol. The lowest BCUT2D eigenvalue weighted by molar-refractivity contribution is -0.124. The van der Waals surface area contributed by atoms with Gasteiger partial charge in [-0.1, -0.05) is 12.2 Å². The smallest absolute Gasteiger partial charge is 0.252 e. The van der Waals surface area contributed by atoms with Gasteiger partial charge in [0, 0.05) is 127 Å². The minimum atomic E-state index is -1.26. The summed E-state index contributed by atoms with van der Waals surface area (Å²) in [6.45, 7) is 6.89. The van der Waals surface area contributed by atoms with Gasteiger partial charge in [-0.15, -0.1) is 0 Å². The number of halogens is 2. The molecule has 0 radical (unpaired) electrons. The number of alkyl halides is 1. The summed E-state index contributed by atoms with van der Waals surface area (Å²) in [5, 5.41) is 61.4. The maximum atomic E-state index is 15.7. The van der Waals surface area contributed by atoms with E-state index in [0.717, 1.165) is 19.0 Å². The van der Waals surface area contributed by atoms with Crippen molar-refractivity contribution in [3.63, 3.8) is 0 Å². The zero-order valence-corrected chi connectivity index (χ0v) is 45.3. The van der Waals surface area contributed by atoms with Gasteiger partial charge in [0.25, 0.3) is 5.56 Å². The van der Waals surface area contributed by atoms with Crippen molar-refractivity contribution in [2.75, 3.05) is 32.7 Å². The lowest BCUT2D eigenvalue weighted by Crippen LogP contribution is -2.61. The molecule has 6 aliphatic heterocycles. The molecule has 81 heavy (non-hydrogen) atoms. The highest BCUT2D eigenvalue weighted by molar-refractivity contribution is 6.00. The van der Waals surface area contributed by atoms with Crippen LogP contribution in [0.5, 0.6) is 0 Å². The van der Waals surface area contributed by atoms with Gasteiger partial charge in [0.15, 0.2) is 0 Å². The van der Waals surface area contributed by atoms with E-state index in [0.29, 0.717) is 55.5 Å². The molecule has 5 amide bonds. The van der Waals surface area contributed by atoms with E-state index in [1.807, 2.05) is 22.8 Å². The number of nitriles is 4. The van der Waals surface area contributed by atoms with Gasteiger partial charge >= 0.3 is 0 Å². The van der Waals surface area contributed by atoms with Gasteiger partial charge in [0.05, 0.1) is 66.8 Å².